The molecule has 0 unspecified atom stereocenters. The van der Waals surface area contributed by atoms with Gasteiger partial charge in [-0.25, -0.2) is 0 Å². The van der Waals surface area contributed by atoms with E-state index in [0.717, 1.165) is 10.0 Å². The number of hydrogen-bond acceptors (Lipinski definition) is 1. The van der Waals surface area contributed by atoms with Gasteiger partial charge in [0.2, 0.25) is 5.91 Å². The average Bonchev–Trinajstić information content (AvgIpc) is 2.16. The van der Waals surface area contributed by atoms with Gasteiger partial charge in [0.05, 0.1) is 11.5 Å². The molecule has 74 valence electrons. The van der Waals surface area contributed by atoms with E-state index in [1.54, 1.807) is 0 Å². The molecule has 1 fully saturated rings. The van der Waals surface area contributed by atoms with Crippen molar-refractivity contribution in [1.82, 2.24) is 5.32 Å². The standard InChI is InChI=1S/C11H12BrNO/c1-11(2)9(13-10(11)14)7-3-5-8(12)6-4-7/h3-6,9H,1-2H3,(H,13,14)/t9-/m1/s1. The van der Waals surface area contributed by atoms with Crippen LogP contribution in [0.2, 0.25) is 0 Å². The summed E-state index contributed by atoms with van der Waals surface area (Å²) in [4.78, 5) is 11.3. The monoisotopic (exact) mass is 253 g/mol. The van der Waals surface area contributed by atoms with Gasteiger partial charge in [-0.2, -0.15) is 0 Å². The van der Waals surface area contributed by atoms with Gasteiger partial charge in [-0.15, -0.1) is 0 Å². The molecule has 1 aliphatic rings. The van der Waals surface area contributed by atoms with Gasteiger partial charge in [-0.05, 0) is 31.5 Å². The fourth-order valence-electron chi connectivity index (χ4n) is 1.71. The van der Waals surface area contributed by atoms with Crippen LogP contribution in [-0.4, -0.2) is 5.91 Å². The summed E-state index contributed by atoms with van der Waals surface area (Å²) in [6, 6.07) is 8.22. The highest BCUT2D eigenvalue weighted by Crippen LogP contribution is 2.41. The quantitative estimate of drug-likeness (QED) is 0.767. The first-order valence-electron chi connectivity index (χ1n) is 4.58. The molecule has 0 aliphatic carbocycles. The zero-order chi connectivity index (χ0) is 10.3. The number of hydrogen-bond donors (Lipinski definition) is 1. The Morgan fingerprint density at radius 1 is 1.29 bits per heavy atom. The molecular formula is C11H12BrNO. The van der Waals surface area contributed by atoms with Crippen LogP contribution >= 0.6 is 15.9 Å². The van der Waals surface area contributed by atoms with Crippen LogP contribution in [0.4, 0.5) is 0 Å². The summed E-state index contributed by atoms with van der Waals surface area (Å²) >= 11 is 3.39. The van der Waals surface area contributed by atoms with Crippen molar-refractivity contribution in [3.63, 3.8) is 0 Å². The first kappa shape index (κ1) is 9.71. The van der Waals surface area contributed by atoms with Gasteiger partial charge in [0, 0.05) is 4.47 Å². The molecular weight excluding hydrogens is 242 g/mol. The molecule has 1 saturated heterocycles. The lowest BCUT2D eigenvalue weighted by atomic mass is 9.73. The maximum atomic E-state index is 11.3. The molecule has 2 rings (SSSR count). The van der Waals surface area contributed by atoms with Crippen molar-refractivity contribution in [3.8, 4) is 0 Å². The zero-order valence-corrected chi connectivity index (χ0v) is 9.76. The van der Waals surface area contributed by atoms with Gasteiger partial charge in [0.25, 0.3) is 0 Å². The zero-order valence-electron chi connectivity index (χ0n) is 8.17. The third-order valence-corrected chi connectivity index (χ3v) is 3.31. The van der Waals surface area contributed by atoms with E-state index in [4.69, 9.17) is 0 Å². The number of carbonyl (C=O) groups is 1. The Hall–Kier alpha value is -0.830. The normalized spacial score (nSPS) is 23.9. The number of β-lactam (4-membered cyclic amide) rings is 1. The van der Waals surface area contributed by atoms with Gasteiger partial charge < -0.3 is 5.32 Å². The highest BCUT2D eigenvalue weighted by molar-refractivity contribution is 9.10. The van der Waals surface area contributed by atoms with Crippen LogP contribution in [-0.2, 0) is 4.79 Å². The minimum absolute atomic E-state index is 0.130. The number of nitrogens with one attached hydrogen (secondary N) is 1. The van der Waals surface area contributed by atoms with Gasteiger partial charge in [0.1, 0.15) is 0 Å². The first-order valence-corrected chi connectivity index (χ1v) is 5.37. The second kappa shape index (κ2) is 3.09. The van der Waals surface area contributed by atoms with Gasteiger partial charge in [0.15, 0.2) is 0 Å². The molecule has 1 atom stereocenters. The first-order chi connectivity index (χ1) is 6.51. The average molecular weight is 254 g/mol. The van der Waals surface area contributed by atoms with E-state index in [9.17, 15) is 4.79 Å². The van der Waals surface area contributed by atoms with Gasteiger partial charge in [-0.1, -0.05) is 28.1 Å². The van der Waals surface area contributed by atoms with Crippen molar-refractivity contribution in [1.29, 1.82) is 0 Å². The molecule has 1 aromatic rings. The topological polar surface area (TPSA) is 29.1 Å². The van der Waals surface area contributed by atoms with E-state index in [2.05, 4.69) is 21.2 Å². The van der Waals surface area contributed by atoms with Crippen LogP contribution in [0.3, 0.4) is 0 Å². The maximum absolute atomic E-state index is 11.3. The van der Waals surface area contributed by atoms with Crippen LogP contribution < -0.4 is 5.32 Å². The Morgan fingerprint density at radius 2 is 1.86 bits per heavy atom. The molecule has 1 aliphatic heterocycles. The minimum Gasteiger partial charge on any atom is -0.348 e. The maximum Gasteiger partial charge on any atom is 0.228 e. The molecule has 0 aromatic heterocycles. The van der Waals surface area contributed by atoms with Crippen LogP contribution in [0, 0.1) is 5.41 Å². The SMILES string of the molecule is CC1(C)C(=O)N[C@@H]1c1ccc(Br)cc1. The molecule has 3 heteroatoms. The Balaban J connectivity index is 2.26. The summed E-state index contributed by atoms with van der Waals surface area (Å²) in [6.45, 7) is 3.94. The van der Waals surface area contributed by atoms with Crippen molar-refractivity contribution >= 4 is 21.8 Å². The molecule has 0 saturated carbocycles. The molecule has 14 heavy (non-hydrogen) atoms. The van der Waals surface area contributed by atoms with E-state index < -0.39 is 0 Å². The lowest BCUT2D eigenvalue weighted by molar-refractivity contribution is -0.143. The van der Waals surface area contributed by atoms with E-state index in [1.807, 2.05) is 38.1 Å². The van der Waals surface area contributed by atoms with Crippen LogP contribution in [0.1, 0.15) is 25.5 Å². The van der Waals surface area contributed by atoms with Crippen LogP contribution in [0.25, 0.3) is 0 Å². The predicted octanol–water partition coefficient (Wildman–Crippen LogP) is 2.65. The smallest absolute Gasteiger partial charge is 0.228 e. The van der Waals surface area contributed by atoms with Crippen molar-refractivity contribution in [2.75, 3.05) is 0 Å². The van der Waals surface area contributed by atoms with Gasteiger partial charge >= 0.3 is 0 Å². The number of halogens is 1. The van der Waals surface area contributed by atoms with Crippen LogP contribution in [0.15, 0.2) is 28.7 Å². The fourth-order valence-corrected chi connectivity index (χ4v) is 1.97. The summed E-state index contributed by atoms with van der Waals surface area (Å²) in [5.41, 5.74) is 0.895. The Kier molecular flexibility index (Phi) is 2.14. The third kappa shape index (κ3) is 1.36. The van der Waals surface area contributed by atoms with Crippen molar-refractivity contribution in [2.24, 2.45) is 5.41 Å². The Morgan fingerprint density at radius 3 is 2.29 bits per heavy atom. The lowest BCUT2D eigenvalue weighted by Gasteiger charge is -2.44. The predicted molar refractivity (Wildman–Crippen MR) is 58.8 cm³/mol. The minimum atomic E-state index is -0.270. The molecule has 1 amide bonds. The molecule has 0 radical (unpaired) electrons. The molecule has 1 N–H and O–H groups in total. The number of benzene rings is 1. The highest BCUT2D eigenvalue weighted by atomic mass is 79.9. The molecule has 0 spiro atoms. The summed E-state index contributed by atoms with van der Waals surface area (Å²) in [5.74, 6) is 0.130. The van der Waals surface area contributed by atoms with Crippen molar-refractivity contribution in [2.45, 2.75) is 19.9 Å². The highest BCUT2D eigenvalue weighted by Gasteiger charge is 2.47. The van der Waals surface area contributed by atoms with Gasteiger partial charge in [-0.3, -0.25) is 4.79 Å². The van der Waals surface area contributed by atoms with Crippen molar-refractivity contribution < 1.29 is 4.79 Å². The molecule has 0 bridgehead atoms. The second-order valence-corrected chi connectivity index (χ2v) is 5.10. The summed E-state index contributed by atoms with van der Waals surface area (Å²) in [6.07, 6.45) is 0. The summed E-state index contributed by atoms with van der Waals surface area (Å²) < 4.78 is 1.06. The third-order valence-electron chi connectivity index (χ3n) is 2.79. The largest absolute Gasteiger partial charge is 0.348 e. The van der Waals surface area contributed by atoms with E-state index in [0.29, 0.717) is 0 Å². The Labute approximate surface area is 91.8 Å². The van der Waals surface area contributed by atoms with Crippen molar-refractivity contribution in [3.05, 3.63) is 34.3 Å². The number of amides is 1. The fraction of sp³-hybridized carbons (Fsp3) is 0.364. The Bertz CT molecular complexity index is 369. The van der Waals surface area contributed by atoms with E-state index in [1.165, 1.54) is 0 Å². The number of carbonyl (C=O) groups excluding carboxylic acids is 1. The molecule has 2 nitrogen and oxygen atoms in total. The van der Waals surface area contributed by atoms with E-state index >= 15 is 0 Å². The summed E-state index contributed by atoms with van der Waals surface area (Å²) in [7, 11) is 0. The second-order valence-electron chi connectivity index (χ2n) is 4.18. The number of rotatable bonds is 1. The summed E-state index contributed by atoms with van der Waals surface area (Å²) in [5, 5.41) is 2.91. The van der Waals surface area contributed by atoms with E-state index in [-0.39, 0.29) is 17.4 Å². The molecule has 1 heterocycles. The molecule has 1 aromatic carbocycles. The van der Waals surface area contributed by atoms with Crippen LogP contribution in [0.5, 0.6) is 0 Å². The lowest BCUT2D eigenvalue weighted by Crippen LogP contribution is -2.57.